The van der Waals surface area contributed by atoms with E-state index in [4.69, 9.17) is 15.3 Å². The van der Waals surface area contributed by atoms with E-state index in [0.29, 0.717) is 0 Å². The van der Waals surface area contributed by atoms with Crippen molar-refractivity contribution in [3.63, 3.8) is 0 Å². The first-order valence-corrected chi connectivity index (χ1v) is 7.94. The molecule has 0 spiro atoms. The normalized spacial score (nSPS) is 12.2. The second-order valence-electron chi connectivity index (χ2n) is 5.39. The van der Waals surface area contributed by atoms with E-state index in [1.165, 1.54) is 38.5 Å². The monoisotopic (exact) mass is 294 g/mol. The summed E-state index contributed by atoms with van der Waals surface area (Å²) in [5, 5.41) is 0. The van der Waals surface area contributed by atoms with Gasteiger partial charge in [-0.3, -0.25) is 11.3 Å². The third kappa shape index (κ3) is 5.94. The molecule has 1 aromatic rings. The molecule has 0 saturated heterocycles. The molecule has 1 unspecified atom stereocenters. The lowest BCUT2D eigenvalue weighted by Gasteiger charge is -2.18. The van der Waals surface area contributed by atoms with Gasteiger partial charge < -0.3 is 9.47 Å². The van der Waals surface area contributed by atoms with Gasteiger partial charge in [-0.25, -0.2) is 0 Å². The summed E-state index contributed by atoms with van der Waals surface area (Å²) in [6, 6.07) is 6.14. The van der Waals surface area contributed by atoms with Gasteiger partial charge in [0, 0.05) is 6.04 Å². The zero-order chi connectivity index (χ0) is 15.5. The summed E-state index contributed by atoms with van der Waals surface area (Å²) in [6.45, 7) is 2.24. The first-order chi connectivity index (χ1) is 10.3. The molecule has 21 heavy (non-hydrogen) atoms. The molecule has 0 bridgehead atoms. The van der Waals surface area contributed by atoms with Crippen molar-refractivity contribution in [3.8, 4) is 11.5 Å². The van der Waals surface area contributed by atoms with Crippen molar-refractivity contribution in [1.29, 1.82) is 0 Å². The van der Waals surface area contributed by atoms with E-state index in [2.05, 4.69) is 12.3 Å². The highest BCUT2D eigenvalue weighted by atomic mass is 16.5. The average molecular weight is 294 g/mol. The van der Waals surface area contributed by atoms with Gasteiger partial charge in [-0.05, 0) is 24.1 Å². The molecule has 1 rings (SSSR count). The zero-order valence-corrected chi connectivity index (χ0v) is 13.7. The summed E-state index contributed by atoms with van der Waals surface area (Å²) in [6.07, 6.45) is 8.79. The standard InChI is InChI=1S/C17H30N2O2/c1-4-5-6-7-8-9-10-15(19-18)14-11-12-16(20-2)17(13-14)21-3/h11-13,15,19H,4-10,18H2,1-3H3. The van der Waals surface area contributed by atoms with Crippen LogP contribution < -0.4 is 20.7 Å². The minimum Gasteiger partial charge on any atom is -0.493 e. The third-order valence-corrected chi connectivity index (χ3v) is 3.86. The Morgan fingerprint density at radius 1 is 1.00 bits per heavy atom. The Morgan fingerprint density at radius 3 is 2.29 bits per heavy atom. The van der Waals surface area contributed by atoms with Crippen molar-refractivity contribution in [2.24, 2.45) is 5.84 Å². The van der Waals surface area contributed by atoms with Crippen LogP contribution in [0.2, 0.25) is 0 Å². The fourth-order valence-corrected chi connectivity index (χ4v) is 2.54. The molecule has 0 amide bonds. The predicted octanol–water partition coefficient (Wildman–Crippen LogP) is 3.96. The molecule has 1 atom stereocenters. The van der Waals surface area contributed by atoms with E-state index in [1.807, 2.05) is 18.2 Å². The Balaban J connectivity index is 2.51. The van der Waals surface area contributed by atoms with E-state index in [9.17, 15) is 0 Å². The SMILES string of the molecule is CCCCCCCCC(NN)c1ccc(OC)c(OC)c1. The van der Waals surface area contributed by atoms with Crippen LogP contribution in [0.5, 0.6) is 11.5 Å². The Kier molecular flexibility index (Phi) is 8.87. The molecule has 120 valence electrons. The number of nitrogens with two attached hydrogens (primary N) is 1. The predicted molar refractivity (Wildman–Crippen MR) is 87.6 cm³/mol. The van der Waals surface area contributed by atoms with Gasteiger partial charge in [0.2, 0.25) is 0 Å². The van der Waals surface area contributed by atoms with E-state index >= 15 is 0 Å². The minimum absolute atomic E-state index is 0.163. The highest BCUT2D eigenvalue weighted by Gasteiger charge is 2.12. The highest BCUT2D eigenvalue weighted by Crippen LogP contribution is 2.31. The van der Waals surface area contributed by atoms with Crippen LogP contribution in [-0.2, 0) is 0 Å². The highest BCUT2D eigenvalue weighted by molar-refractivity contribution is 5.43. The minimum atomic E-state index is 0.163. The molecule has 0 aliphatic rings. The number of unbranched alkanes of at least 4 members (excludes halogenated alkanes) is 5. The van der Waals surface area contributed by atoms with Gasteiger partial charge in [0.25, 0.3) is 0 Å². The summed E-state index contributed by atoms with van der Waals surface area (Å²) in [4.78, 5) is 0. The molecule has 0 aliphatic heterocycles. The Labute approximate surface area is 129 Å². The zero-order valence-electron chi connectivity index (χ0n) is 13.7. The van der Waals surface area contributed by atoms with Crippen LogP contribution in [-0.4, -0.2) is 14.2 Å². The average Bonchev–Trinajstić information content (AvgIpc) is 2.53. The Morgan fingerprint density at radius 2 is 1.67 bits per heavy atom. The van der Waals surface area contributed by atoms with Gasteiger partial charge in [0.15, 0.2) is 11.5 Å². The van der Waals surface area contributed by atoms with Gasteiger partial charge in [0.05, 0.1) is 14.2 Å². The fraction of sp³-hybridized carbons (Fsp3) is 0.647. The molecule has 4 nitrogen and oxygen atoms in total. The van der Waals surface area contributed by atoms with Crippen LogP contribution >= 0.6 is 0 Å². The van der Waals surface area contributed by atoms with Crippen molar-refractivity contribution >= 4 is 0 Å². The van der Waals surface area contributed by atoms with Crippen molar-refractivity contribution in [2.75, 3.05) is 14.2 Å². The number of hydrogen-bond acceptors (Lipinski definition) is 4. The van der Waals surface area contributed by atoms with Crippen LogP contribution in [0.4, 0.5) is 0 Å². The molecular weight excluding hydrogens is 264 g/mol. The maximum atomic E-state index is 5.71. The number of hydrogen-bond donors (Lipinski definition) is 2. The van der Waals surface area contributed by atoms with Crippen LogP contribution in [0, 0.1) is 0 Å². The molecule has 0 aliphatic carbocycles. The van der Waals surface area contributed by atoms with Crippen LogP contribution in [0.15, 0.2) is 18.2 Å². The number of benzene rings is 1. The van der Waals surface area contributed by atoms with Crippen LogP contribution in [0.1, 0.15) is 63.5 Å². The van der Waals surface area contributed by atoms with Gasteiger partial charge in [0.1, 0.15) is 0 Å². The second-order valence-corrected chi connectivity index (χ2v) is 5.39. The number of hydrazine groups is 1. The molecular formula is C17H30N2O2. The fourth-order valence-electron chi connectivity index (χ4n) is 2.54. The van der Waals surface area contributed by atoms with Crippen molar-refractivity contribution in [3.05, 3.63) is 23.8 Å². The largest absolute Gasteiger partial charge is 0.493 e. The van der Waals surface area contributed by atoms with Crippen molar-refractivity contribution in [2.45, 2.75) is 57.9 Å². The number of methoxy groups -OCH3 is 2. The summed E-state index contributed by atoms with van der Waals surface area (Å²) in [7, 11) is 3.30. The molecule has 0 radical (unpaired) electrons. The maximum absolute atomic E-state index is 5.71. The van der Waals surface area contributed by atoms with Gasteiger partial charge in [-0.1, -0.05) is 51.5 Å². The van der Waals surface area contributed by atoms with Gasteiger partial charge in [-0.2, -0.15) is 0 Å². The van der Waals surface area contributed by atoms with E-state index < -0.39 is 0 Å². The molecule has 0 heterocycles. The Bertz CT molecular complexity index is 396. The molecule has 0 fully saturated rings. The number of rotatable bonds is 11. The summed E-state index contributed by atoms with van der Waals surface area (Å²) < 4.78 is 10.6. The van der Waals surface area contributed by atoms with Gasteiger partial charge >= 0.3 is 0 Å². The molecule has 1 aromatic carbocycles. The van der Waals surface area contributed by atoms with Gasteiger partial charge in [-0.15, -0.1) is 0 Å². The number of ether oxygens (including phenoxy) is 2. The smallest absolute Gasteiger partial charge is 0.161 e. The van der Waals surface area contributed by atoms with E-state index in [-0.39, 0.29) is 6.04 Å². The first-order valence-electron chi connectivity index (χ1n) is 7.94. The second kappa shape index (κ2) is 10.5. The topological polar surface area (TPSA) is 56.5 Å². The quantitative estimate of drug-likeness (QED) is 0.368. The summed E-state index contributed by atoms with van der Waals surface area (Å²) in [5.74, 6) is 7.20. The lowest BCUT2D eigenvalue weighted by Crippen LogP contribution is -2.28. The molecule has 3 N–H and O–H groups in total. The number of nitrogens with one attached hydrogen (secondary N) is 1. The first kappa shape index (κ1) is 17.8. The van der Waals surface area contributed by atoms with E-state index in [1.54, 1.807) is 14.2 Å². The maximum Gasteiger partial charge on any atom is 0.161 e. The lowest BCUT2D eigenvalue weighted by molar-refractivity contribution is 0.353. The molecule has 0 saturated carbocycles. The lowest BCUT2D eigenvalue weighted by atomic mass is 9.99. The van der Waals surface area contributed by atoms with E-state index in [0.717, 1.165) is 23.5 Å². The van der Waals surface area contributed by atoms with Crippen LogP contribution in [0.25, 0.3) is 0 Å². The van der Waals surface area contributed by atoms with Crippen LogP contribution in [0.3, 0.4) is 0 Å². The summed E-state index contributed by atoms with van der Waals surface area (Å²) in [5.41, 5.74) is 4.06. The Hall–Kier alpha value is -1.26. The molecule has 0 aromatic heterocycles. The summed E-state index contributed by atoms with van der Waals surface area (Å²) >= 11 is 0. The van der Waals surface area contributed by atoms with Crippen molar-refractivity contribution < 1.29 is 9.47 Å². The third-order valence-electron chi connectivity index (χ3n) is 3.86. The van der Waals surface area contributed by atoms with Crippen molar-refractivity contribution in [1.82, 2.24) is 5.43 Å². The molecule has 4 heteroatoms.